The number of piperazine rings is 1. The van der Waals surface area contributed by atoms with Gasteiger partial charge in [-0.05, 0) is 58.7 Å². The lowest BCUT2D eigenvalue weighted by Gasteiger charge is -2.33. The van der Waals surface area contributed by atoms with Gasteiger partial charge in [0.25, 0.3) is 0 Å². The standard InChI is InChI=1S/C24H24N4O2S2/c1-24(2)17-12-19(29)20(31-32-28-8-6-27(3)7-9-28)11-16(17)22(30)21-15-5-4-14(13-25)10-18(15)26-23(21)24/h4-5,10-12,26,29H,6-9H2,1-3H3. The van der Waals surface area contributed by atoms with E-state index in [2.05, 4.69) is 41.2 Å². The quantitative estimate of drug-likeness (QED) is 0.436. The third-order valence-corrected chi connectivity index (χ3v) is 9.04. The number of aromatic nitrogens is 1. The molecule has 1 saturated heterocycles. The van der Waals surface area contributed by atoms with Crippen LogP contribution in [0.4, 0.5) is 0 Å². The molecule has 1 aliphatic heterocycles. The number of phenols is 1. The Labute approximate surface area is 195 Å². The third-order valence-electron chi connectivity index (χ3n) is 6.49. The van der Waals surface area contributed by atoms with E-state index in [-0.39, 0.29) is 11.5 Å². The number of hydrogen-bond donors (Lipinski definition) is 2. The van der Waals surface area contributed by atoms with Crippen LogP contribution < -0.4 is 0 Å². The summed E-state index contributed by atoms with van der Waals surface area (Å²) in [6.45, 7) is 8.09. The van der Waals surface area contributed by atoms with Crippen LogP contribution in [0.15, 0.2) is 35.2 Å². The third kappa shape index (κ3) is 3.41. The number of benzene rings is 2. The fourth-order valence-corrected chi connectivity index (χ4v) is 6.75. The van der Waals surface area contributed by atoms with Gasteiger partial charge in [0, 0.05) is 53.8 Å². The van der Waals surface area contributed by atoms with Gasteiger partial charge in [0.15, 0.2) is 5.78 Å². The van der Waals surface area contributed by atoms with E-state index < -0.39 is 5.41 Å². The second-order valence-corrected chi connectivity index (χ2v) is 11.2. The highest BCUT2D eigenvalue weighted by atomic mass is 33.1. The second-order valence-electron chi connectivity index (χ2n) is 8.96. The Morgan fingerprint density at radius 2 is 1.91 bits per heavy atom. The minimum Gasteiger partial charge on any atom is -0.507 e. The van der Waals surface area contributed by atoms with E-state index >= 15 is 0 Å². The van der Waals surface area contributed by atoms with Crippen molar-refractivity contribution in [2.24, 2.45) is 0 Å². The van der Waals surface area contributed by atoms with Gasteiger partial charge in [0.1, 0.15) is 5.75 Å². The number of aromatic amines is 1. The number of phenolic OH excluding ortho intramolecular Hbond substituents is 1. The molecule has 2 heterocycles. The monoisotopic (exact) mass is 464 g/mol. The van der Waals surface area contributed by atoms with Crippen molar-refractivity contribution in [3.8, 4) is 11.8 Å². The first-order chi connectivity index (χ1) is 15.3. The second kappa shape index (κ2) is 7.85. The molecule has 3 aromatic rings. The molecule has 0 amide bonds. The number of ketones is 1. The summed E-state index contributed by atoms with van der Waals surface area (Å²) in [5.74, 6) is 0.152. The fraction of sp³-hybridized carbons (Fsp3) is 0.333. The predicted octanol–water partition coefficient (Wildman–Crippen LogP) is 4.52. The van der Waals surface area contributed by atoms with E-state index in [4.69, 9.17) is 0 Å². The molecule has 1 aliphatic carbocycles. The number of hydrogen-bond acceptors (Lipinski definition) is 7. The largest absolute Gasteiger partial charge is 0.507 e. The number of aromatic hydroxyl groups is 1. The molecule has 5 rings (SSSR count). The van der Waals surface area contributed by atoms with Crippen LogP contribution in [0.2, 0.25) is 0 Å². The van der Waals surface area contributed by atoms with Gasteiger partial charge in [0.05, 0.1) is 22.1 Å². The van der Waals surface area contributed by atoms with Gasteiger partial charge in [-0.2, -0.15) is 5.26 Å². The number of likely N-dealkylation sites (N-methyl/N-ethyl adjacent to an activating group) is 1. The molecule has 2 aliphatic rings. The van der Waals surface area contributed by atoms with Crippen molar-refractivity contribution in [2.45, 2.75) is 24.2 Å². The van der Waals surface area contributed by atoms with Crippen LogP contribution in [0.25, 0.3) is 10.9 Å². The smallest absolute Gasteiger partial charge is 0.195 e. The zero-order chi connectivity index (χ0) is 22.6. The van der Waals surface area contributed by atoms with Crippen LogP contribution in [0, 0.1) is 11.3 Å². The lowest BCUT2D eigenvalue weighted by molar-refractivity contribution is 0.103. The van der Waals surface area contributed by atoms with Crippen LogP contribution in [0.1, 0.15) is 46.6 Å². The zero-order valence-corrected chi connectivity index (χ0v) is 19.9. The molecule has 1 aromatic heterocycles. The number of rotatable bonds is 3. The molecule has 0 saturated carbocycles. The van der Waals surface area contributed by atoms with Gasteiger partial charge in [-0.1, -0.05) is 19.9 Å². The average molecular weight is 465 g/mol. The SMILES string of the molecule is CN1CCN(SSc2cc3c(cc2O)C(C)(C)c2[nH]c4cc(C#N)ccc4c2C3=O)CC1. The zero-order valence-electron chi connectivity index (χ0n) is 18.2. The number of nitrogens with zero attached hydrogens (tertiary/aromatic N) is 3. The van der Waals surface area contributed by atoms with Crippen molar-refractivity contribution in [3.05, 3.63) is 58.3 Å². The minimum absolute atomic E-state index is 0.0447. The molecular formula is C24H24N4O2S2. The van der Waals surface area contributed by atoms with Gasteiger partial charge in [0.2, 0.25) is 0 Å². The van der Waals surface area contributed by atoms with Crippen LogP contribution >= 0.6 is 21.8 Å². The summed E-state index contributed by atoms with van der Waals surface area (Å²) in [7, 11) is 5.25. The number of H-pyrrole nitrogens is 1. The predicted molar refractivity (Wildman–Crippen MR) is 129 cm³/mol. The Hall–Kier alpha value is -2.44. The fourth-order valence-electron chi connectivity index (χ4n) is 4.54. The van der Waals surface area contributed by atoms with E-state index in [9.17, 15) is 15.2 Å². The van der Waals surface area contributed by atoms with Crippen molar-refractivity contribution in [1.29, 1.82) is 5.26 Å². The van der Waals surface area contributed by atoms with E-state index in [1.165, 1.54) is 10.8 Å². The molecule has 0 radical (unpaired) electrons. The highest BCUT2D eigenvalue weighted by molar-refractivity contribution is 8.75. The Kier molecular flexibility index (Phi) is 5.25. The summed E-state index contributed by atoms with van der Waals surface area (Å²) < 4.78 is 2.29. The lowest BCUT2D eigenvalue weighted by Crippen LogP contribution is -2.40. The molecule has 6 nitrogen and oxygen atoms in total. The van der Waals surface area contributed by atoms with E-state index in [0.29, 0.717) is 21.6 Å². The number of nitriles is 1. The molecular weight excluding hydrogens is 440 g/mol. The Morgan fingerprint density at radius 1 is 1.16 bits per heavy atom. The minimum atomic E-state index is -0.490. The van der Waals surface area contributed by atoms with Gasteiger partial charge >= 0.3 is 0 Å². The summed E-state index contributed by atoms with van der Waals surface area (Å²) in [6.07, 6.45) is 0. The van der Waals surface area contributed by atoms with Crippen LogP contribution in [-0.2, 0) is 5.41 Å². The summed E-state index contributed by atoms with van der Waals surface area (Å²) in [4.78, 5) is 20.0. The Morgan fingerprint density at radius 3 is 2.62 bits per heavy atom. The Balaban J connectivity index is 1.53. The van der Waals surface area contributed by atoms with Crippen LogP contribution in [0.3, 0.4) is 0 Å². The molecule has 0 atom stereocenters. The normalized spacial score (nSPS) is 18.4. The highest BCUT2D eigenvalue weighted by Gasteiger charge is 2.40. The maximum Gasteiger partial charge on any atom is 0.195 e. The topological polar surface area (TPSA) is 83.4 Å². The molecule has 1 fully saturated rings. The van der Waals surface area contributed by atoms with Gasteiger partial charge < -0.3 is 15.0 Å². The summed E-state index contributed by atoms with van der Waals surface area (Å²) in [5.41, 5.74) is 3.78. The molecule has 32 heavy (non-hydrogen) atoms. The summed E-state index contributed by atoms with van der Waals surface area (Å²) in [5, 5.41) is 20.9. The van der Waals surface area contributed by atoms with Crippen molar-refractivity contribution in [3.63, 3.8) is 0 Å². The molecule has 0 spiro atoms. The molecule has 2 N–H and O–H groups in total. The van der Waals surface area contributed by atoms with Crippen molar-refractivity contribution < 1.29 is 9.90 Å². The molecule has 2 aromatic carbocycles. The van der Waals surface area contributed by atoms with E-state index in [0.717, 1.165) is 48.3 Å². The Bertz CT molecular complexity index is 1280. The number of fused-ring (bicyclic) bond motifs is 4. The van der Waals surface area contributed by atoms with Gasteiger partial charge in [-0.25, -0.2) is 4.31 Å². The van der Waals surface area contributed by atoms with E-state index in [1.54, 1.807) is 29.2 Å². The number of carbonyl (C=O) groups is 1. The lowest BCUT2D eigenvalue weighted by atomic mass is 9.71. The number of nitrogens with one attached hydrogen (secondary N) is 1. The number of carbonyl (C=O) groups excluding carboxylic acids is 1. The van der Waals surface area contributed by atoms with Crippen LogP contribution in [-0.4, -0.2) is 58.3 Å². The average Bonchev–Trinajstić information content (AvgIpc) is 3.18. The summed E-state index contributed by atoms with van der Waals surface area (Å²) >= 11 is 0. The highest BCUT2D eigenvalue weighted by Crippen LogP contribution is 2.48. The van der Waals surface area contributed by atoms with Gasteiger partial charge in [-0.15, -0.1) is 0 Å². The molecule has 8 heteroatoms. The van der Waals surface area contributed by atoms with Crippen molar-refractivity contribution in [2.75, 3.05) is 33.2 Å². The first kappa shape index (κ1) is 21.4. The molecule has 164 valence electrons. The molecule has 0 bridgehead atoms. The van der Waals surface area contributed by atoms with Crippen molar-refractivity contribution >= 4 is 38.5 Å². The maximum absolute atomic E-state index is 13.6. The first-order valence-corrected chi connectivity index (χ1v) is 12.7. The van der Waals surface area contributed by atoms with E-state index in [1.807, 2.05) is 12.1 Å². The maximum atomic E-state index is 13.6. The summed E-state index contributed by atoms with van der Waals surface area (Å²) in [6, 6.07) is 11.1. The van der Waals surface area contributed by atoms with Gasteiger partial charge in [-0.3, -0.25) is 4.79 Å². The molecule has 0 unspecified atom stereocenters. The first-order valence-electron chi connectivity index (χ1n) is 10.6. The van der Waals surface area contributed by atoms with Crippen molar-refractivity contribution in [1.82, 2.24) is 14.2 Å². The van der Waals surface area contributed by atoms with Crippen LogP contribution in [0.5, 0.6) is 5.75 Å².